The van der Waals surface area contributed by atoms with Crippen LogP contribution in [0.25, 0.3) is 0 Å². The predicted molar refractivity (Wildman–Crippen MR) is 65.4 cm³/mol. The van der Waals surface area contributed by atoms with Gasteiger partial charge in [-0.25, -0.2) is 4.98 Å². The number of nitrogens with one attached hydrogen (secondary N) is 1. The lowest BCUT2D eigenvalue weighted by Crippen LogP contribution is -2.30. The SMILES string of the molecule is CNC1CCC(Cc2nc(C)cs2)CC1. The Morgan fingerprint density at radius 1 is 1.40 bits per heavy atom. The second-order valence-corrected chi connectivity index (χ2v) is 5.54. The molecule has 0 radical (unpaired) electrons. The van der Waals surface area contributed by atoms with E-state index in [1.807, 2.05) is 11.3 Å². The lowest BCUT2D eigenvalue weighted by molar-refractivity contribution is 0.300. The van der Waals surface area contributed by atoms with E-state index >= 15 is 0 Å². The first-order valence-corrected chi connectivity index (χ1v) is 6.74. The van der Waals surface area contributed by atoms with E-state index in [1.165, 1.54) is 42.8 Å². The van der Waals surface area contributed by atoms with Gasteiger partial charge in [0.15, 0.2) is 0 Å². The zero-order valence-electron chi connectivity index (χ0n) is 9.62. The second-order valence-electron chi connectivity index (χ2n) is 4.59. The smallest absolute Gasteiger partial charge is 0.0930 e. The quantitative estimate of drug-likeness (QED) is 0.854. The first kappa shape index (κ1) is 11.1. The Morgan fingerprint density at radius 3 is 2.67 bits per heavy atom. The lowest BCUT2D eigenvalue weighted by Gasteiger charge is -2.27. The minimum atomic E-state index is 0.763. The summed E-state index contributed by atoms with van der Waals surface area (Å²) in [5.41, 5.74) is 1.18. The van der Waals surface area contributed by atoms with E-state index in [0.29, 0.717) is 0 Å². The topological polar surface area (TPSA) is 24.9 Å². The molecule has 15 heavy (non-hydrogen) atoms. The molecule has 0 spiro atoms. The van der Waals surface area contributed by atoms with E-state index in [1.54, 1.807) is 0 Å². The van der Waals surface area contributed by atoms with Gasteiger partial charge >= 0.3 is 0 Å². The highest BCUT2D eigenvalue weighted by atomic mass is 32.1. The highest BCUT2D eigenvalue weighted by Gasteiger charge is 2.20. The third-order valence-electron chi connectivity index (χ3n) is 3.38. The minimum Gasteiger partial charge on any atom is -0.317 e. The van der Waals surface area contributed by atoms with Crippen LogP contribution < -0.4 is 5.32 Å². The van der Waals surface area contributed by atoms with E-state index in [4.69, 9.17) is 0 Å². The summed E-state index contributed by atoms with van der Waals surface area (Å²) >= 11 is 1.82. The number of hydrogen-bond acceptors (Lipinski definition) is 3. The van der Waals surface area contributed by atoms with Crippen molar-refractivity contribution < 1.29 is 0 Å². The van der Waals surface area contributed by atoms with E-state index in [-0.39, 0.29) is 0 Å². The Balaban J connectivity index is 1.82. The molecule has 0 amide bonds. The Kier molecular flexibility index (Phi) is 3.76. The Labute approximate surface area is 96.1 Å². The summed E-state index contributed by atoms with van der Waals surface area (Å²) in [6.07, 6.45) is 6.61. The molecule has 0 aliphatic heterocycles. The third kappa shape index (κ3) is 3.02. The number of aryl methyl sites for hydroxylation is 1. The van der Waals surface area contributed by atoms with Crippen molar-refractivity contribution in [3.05, 3.63) is 16.1 Å². The molecule has 0 unspecified atom stereocenters. The van der Waals surface area contributed by atoms with E-state index in [2.05, 4.69) is 29.7 Å². The molecule has 2 rings (SSSR count). The molecule has 3 heteroatoms. The van der Waals surface area contributed by atoms with Crippen LogP contribution in [0.15, 0.2) is 5.38 Å². The first-order chi connectivity index (χ1) is 7.28. The maximum Gasteiger partial charge on any atom is 0.0930 e. The molecule has 2 nitrogen and oxygen atoms in total. The second kappa shape index (κ2) is 5.08. The van der Waals surface area contributed by atoms with E-state index < -0.39 is 0 Å². The van der Waals surface area contributed by atoms with Gasteiger partial charge in [-0.3, -0.25) is 0 Å². The van der Waals surface area contributed by atoms with Crippen LogP contribution in [0.3, 0.4) is 0 Å². The Morgan fingerprint density at radius 2 is 2.13 bits per heavy atom. The average molecular weight is 224 g/mol. The average Bonchev–Trinajstić information content (AvgIpc) is 2.65. The summed E-state index contributed by atoms with van der Waals surface area (Å²) < 4.78 is 0. The molecule has 1 fully saturated rings. The summed E-state index contributed by atoms with van der Waals surface area (Å²) in [4.78, 5) is 4.55. The summed E-state index contributed by atoms with van der Waals surface area (Å²) in [5, 5.41) is 6.87. The largest absolute Gasteiger partial charge is 0.317 e. The van der Waals surface area contributed by atoms with Crippen LogP contribution >= 0.6 is 11.3 Å². The number of thiazole rings is 1. The van der Waals surface area contributed by atoms with Gasteiger partial charge in [-0.05, 0) is 45.6 Å². The van der Waals surface area contributed by atoms with Crippen LogP contribution in [0.5, 0.6) is 0 Å². The molecule has 1 aromatic rings. The Bertz CT molecular complexity index is 300. The fourth-order valence-corrected chi connectivity index (χ4v) is 3.29. The predicted octanol–water partition coefficient (Wildman–Crippen LogP) is 2.77. The molecule has 0 atom stereocenters. The molecular formula is C12H20N2S. The number of aromatic nitrogens is 1. The lowest BCUT2D eigenvalue weighted by atomic mass is 9.84. The maximum atomic E-state index is 4.55. The third-order valence-corrected chi connectivity index (χ3v) is 4.37. The van der Waals surface area contributed by atoms with Gasteiger partial charge in [0.25, 0.3) is 0 Å². The van der Waals surface area contributed by atoms with Gasteiger partial charge in [0, 0.05) is 23.5 Å². The molecule has 1 heterocycles. The van der Waals surface area contributed by atoms with Gasteiger partial charge in [-0.1, -0.05) is 0 Å². The molecule has 0 aromatic carbocycles. The van der Waals surface area contributed by atoms with E-state index in [9.17, 15) is 0 Å². The minimum absolute atomic E-state index is 0.763. The molecule has 1 saturated carbocycles. The fraction of sp³-hybridized carbons (Fsp3) is 0.750. The van der Waals surface area contributed by atoms with Crippen molar-refractivity contribution in [3.63, 3.8) is 0 Å². The molecule has 1 aromatic heterocycles. The van der Waals surface area contributed by atoms with Crippen LogP contribution in [-0.4, -0.2) is 18.1 Å². The zero-order chi connectivity index (χ0) is 10.7. The maximum absolute atomic E-state index is 4.55. The highest BCUT2D eigenvalue weighted by molar-refractivity contribution is 7.09. The van der Waals surface area contributed by atoms with E-state index in [0.717, 1.165) is 12.0 Å². The van der Waals surface area contributed by atoms with Crippen molar-refractivity contribution in [2.75, 3.05) is 7.05 Å². The first-order valence-electron chi connectivity index (χ1n) is 5.86. The van der Waals surface area contributed by atoms with Gasteiger partial charge in [-0.15, -0.1) is 11.3 Å². The zero-order valence-corrected chi connectivity index (χ0v) is 10.4. The molecule has 0 saturated heterocycles. The summed E-state index contributed by atoms with van der Waals surface area (Å²) in [7, 11) is 2.08. The fourth-order valence-electron chi connectivity index (χ4n) is 2.40. The van der Waals surface area contributed by atoms with Crippen LogP contribution in [0, 0.1) is 12.8 Å². The van der Waals surface area contributed by atoms with Crippen molar-refractivity contribution in [1.82, 2.24) is 10.3 Å². The summed E-state index contributed by atoms with van der Waals surface area (Å²) in [5.74, 6) is 0.875. The van der Waals surface area contributed by atoms with Crippen molar-refractivity contribution in [2.24, 2.45) is 5.92 Å². The van der Waals surface area contributed by atoms with Crippen molar-refractivity contribution in [2.45, 2.75) is 45.1 Å². The molecule has 0 bridgehead atoms. The molecule has 1 N–H and O–H groups in total. The number of hydrogen-bond donors (Lipinski definition) is 1. The number of rotatable bonds is 3. The van der Waals surface area contributed by atoms with Gasteiger partial charge in [-0.2, -0.15) is 0 Å². The monoisotopic (exact) mass is 224 g/mol. The van der Waals surface area contributed by atoms with Gasteiger partial charge < -0.3 is 5.32 Å². The van der Waals surface area contributed by atoms with Gasteiger partial charge in [0.1, 0.15) is 0 Å². The molecule has 84 valence electrons. The molecular weight excluding hydrogens is 204 g/mol. The molecule has 1 aliphatic carbocycles. The summed E-state index contributed by atoms with van der Waals surface area (Å²) in [6, 6.07) is 0.763. The highest BCUT2D eigenvalue weighted by Crippen LogP contribution is 2.28. The standard InChI is InChI=1S/C12H20N2S/c1-9-8-15-12(14-9)7-10-3-5-11(13-2)6-4-10/h8,10-11,13H,3-7H2,1-2H3. The molecule has 1 aliphatic rings. The summed E-state index contributed by atoms with van der Waals surface area (Å²) in [6.45, 7) is 2.08. The van der Waals surface area contributed by atoms with Crippen molar-refractivity contribution >= 4 is 11.3 Å². The normalized spacial score (nSPS) is 26.8. The van der Waals surface area contributed by atoms with Crippen LogP contribution in [0.4, 0.5) is 0 Å². The van der Waals surface area contributed by atoms with Crippen molar-refractivity contribution in [1.29, 1.82) is 0 Å². The van der Waals surface area contributed by atoms with Gasteiger partial charge in [0.05, 0.1) is 5.01 Å². The number of nitrogens with zero attached hydrogens (tertiary/aromatic N) is 1. The van der Waals surface area contributed by atoms with Crippen LogP contribution in [0.1, 0.15) is 36.4 Å². The van der Waals surface area contributed by atoms with Crippen LogP contribution in [-0.2, 0) is 6.42 Å². The van der Waals surface area contributed by atoms with Crippen LogP contribution in [0.2, 0.25) is 0 Å². The van der Waals surface area contributed by atoms with Gasteiger partial charge in [0.2, 0.25) is 0 Å². The van der Waals surface area contributed by atoms with Crippen molar-refractivity contribution in [3.8, 4) is 0 Å². The Hall–Kier alpha value is -0.410.